The maximum atomic E-state index is 9.55. The van der Waals surface area contributed by atoms with E-state index in [1.165, 1.54) is 5.56 Å². The third-order valence-corrected chi connectivity index (χ3v) is 5.22. The Morgan fingerprint density at radius 2 is 2.00 bits per heavy atom. The molecule has 0 saturated carbocycles. The molecule has 1 aromatic heterocycles. The molecule has 3 heterocycles. The summed E-state index contributed by atoms with van der Waals surface area (Å²) < 4.78 is 0. The Hall–Kier alpha value is -2.01. The number of thioether (sulfide) groups is 1. The number of phenolic OH excluding ortho intramolecular Hbond substituents is 1. The van der Waals surface area contributed by atoms with Crippen molar-refractivity contribution in [3.8, 4) is 5.75 Å². The van der Waals surface area contributed by atoms with Crippen LogP contribution in [0.15, 0.2) is 53.7 Å². The Bertz CT molecular complexity index is 702. The van der Waals surface area contributed by atoms with E-state index in [1.807, 2.05) is 48.3 Å². The highest BCUT2D eigenvalue weighted by Gasteiger charge is 2.43. The van der Waals surface area contributed by atoms with Gasteiger partial charge in [-0.15, -0.1) is 0 Å². The molecular formula is C17H17N3OS. The molecule has 0 amide bonds. The van der Waals surface area contributed by atoms with Crippen molar-refractivity contribution in [1.29, 1.82) is 0 Å². The van der Waals surface area contributed by atoms with Crippen molar-refractivity contribution in [3.63, 3.8) is 0 Å². The van der Waals surface area contributed by atoms with E-state index in [0.29, 0.717) is 11.0 Å². The Kier molecular flexibility index (Phi) is 3.30. The van der Waals surface area contributed by atoms with Crippen LogP contribution >= 0.6 is 11.8 Å². The molecule has 22 heavy (non-hydrogen) atoms. The van der Waals surface area contributed by atoms with Gasteiger partial charge in [0.2, 0.25) is 0 Å². The van der Waals surface area contributed by atoms with Crippen LogP contribution in [0.2, 0.25) is 0 Å². The van der Waals surface area contributed by atoms with Crippen LogP contribution in [0.25, 0.3) is 0 Å². The molecule has 0 bridgehead atoms. The minimum absolute atomic E-state index is 0.0146. The molecule has 112 valence electrons. The van der Waals surface area contributed by atoms with Gasteiger partial charge >= 0.3 is 0 Å². The van der Waals surface area contributed by atoms with Crippen LogP contribution in [0, 0.1) is 0 Å². The SMILES string of the molecule is C[C@H]1CN2C(=N[C@@H](c3ccccn3)[C@@H]2c2ccc(O)cc2)S1. The molecule has 1 saturated heterocycles. The summed E-state index contributed by atoms with van der Waals surface area (Å²) in [5, 5.41) is 11.2. The van der Waals surface area contributed by atoms with Crippen molar-refractivity contribution < 1.29 is 5.11 Å². The number of phenols is 1. The minimum Gasteiger partial charge on any atom is -0.508 e. The number of fused-ring (bicyclic) bond motifs is 1. The maximum absolute atomic E-state index is 9.55. The molecular weight excluding hydrogens is 294 g/mol. The zero-order valence-corrected chi connectivity index (χ0v) is 13.1. The van der Waals surface area contributed by atoms with Gasteiger partial charge in [-0.2, -0.15) is 0 Å². The predicted molar refractivity (Wildman–Crippen MR) is 89.0 cm³/mol. The fourth-order valence-electron chi connectivity index (χ4n) is 3.15. The van der Waals surface area contributed by atoms with E-state index in [0.717, 1.165) is 17.4 Å². The zero-order valence-electron chi connectivity index (χ0n) is 12.3. The smallest absolute Gasteiger partial charge is 0.160 e. The van der Waals surface area contributed by atoms with Crippen LogP contribution < -0.4 is 0 Å². The Morgan fingerprint density at radius 1 is 1.18 bits per heavy atom. The first-order valence-electron chi connectivity index (χ1n) is 7.43. The summed E-state index contributed by atoms with van der Waals surface area (Å²) in [6, 6.07) is 13.6. The maximum Gasteiger partial charge on any atom is 0.160 e. The Labute approximate surface area is 133 Å². The van der Waals surface area contributed by atoms with Crippen LogP contribution in [0.1, 0.15) is 30.3 Å². The van der Waals surface area contributed by atoms with Crippen LogP contribution in [-0.2, 0) is 0 Å². The summed E-state index contributed by atoms with van der Waals surface area (Å²) in [6.45, 7) is 3.23. The van der Waals surface area contributed by atoms with Crippen LogP contribution in [0.3, 0.4) is 0 Å². The number of benzene rings is 1. The number of aromatic hydroxyl groups is 1. The third kappa shape index (κ3) is 2.25. The van der Waals surface area contributed by atoms with Crippen LogP contribution in [0.5, 0.6) is 5.75 Å². The molecule has 1 fully saturated rings. The molecule has 0 spiro atoms. The molecule has 5 heteroatoms. The molecule has 2 aromatic rings. The van der Waals surface area contributed by atoms with Gasteiger partial charge < -0.3 is 10.0 Å². The second kappa shape index (κ2) is 5.32. The van der Waals surface area contributed by atoms with Gasteiger partial charge in [0, 0.05) is 18.0 Å². The summed E-state index contributed by atoms with van der Waals surface area (Å²) in [5.74, 6) is 0.293. The number of hydrogen-bond donors (Lipinski definition) is 1. The highest BCUT2D eigenvalue weighted by atomic mass is 32.2. The molecule has 4 nitrogen and oxygen atoms in total. The molecule has 4 rings (SSSR count). The van der Waals surface area contributed by atoms with E-state index in [9.17, 15) is 5.11 Å². The molecule has 0 aliphatic carbocycles. The third-order valence-electron chi connectivity index (χ3n) is 4.12. The monoisotopic (exact) mass is 311 g/mol. The van der Waals surface area contributed by atoms with Gasteiger partial charge in [0.05, 0.1) is 11.7 Å². The fraction of sp³-hybridized carbons (Fsp3) is 0.294. The standard InChI is InChI=1S/C17H17N3OS/c1-11-10-20-16(12-5-7-13(21)8-6-12)15(19-17(20)22-11)14-4-2-3-9-18-14/h2-9,11,15-16,21H,10H2,1H3/t11-,15-,16-/m0/s1. The number of aliphatic imine (C=N–C) groups is 1. The number of pyridine rings is 1. The van der Waals surface area contributed by atoms with Gasteiger partial charge in [-0.05, 0) is 29.8 Å². The van der Waals surface area contributed by atoms with Crippen molar-refractivity contribution in [1.82, 2.24) is 9.88 Å². The number of amidine groups is 1. The summed E-state index contributed by atoms with van der Waals surface area (Å²) in [4.78, 5) is 11.8. The topological polar surface area (TPSA) is 48.7 Å². The van der Waals surface area contributed by atoms with Crippen molar-refractivity contribution in [3.05, 3.63) is 59.9 Å². The van der Waals surface area contributed by atoms with Gasteiger partial charge in [0.15, 0.2) is 5.17 Å². The zero-order chi connectivity index (χ0) is 15.1. The van der Waals surface area contributed by atoms with Crippen LogP contribution in [0.4, 0.5) is 0 Å². The first-order chi connectivity index (χ1) is 10.7. The lowest BCUT2D eigenvalue weighted by Gasteiger charge is -2.27. The Morgan fingerprint density at radius 3 is 2.73 bits per heavy atom. The fourth-order valence-corrected chi connectivity index (χ4v) is 4.24. The number of rotatable bonds is 2. The van der Waals surface area contributed by atoms with Gasteiger partial charge in [-0.3, -0.25) is 9.98 Å². The highest BCUT2D eigenvalue weighted by molar-refractivity contribution is 8.14. The average Bonchev–Trinajstić information content (AvgIpc) is 3.05. The van der Waals surface area contributed by atoms with Gasteiger partial charge in [0.1, 0.15) is 11.8 Å². The number of hydrogen-bond acceptors (Lipinski definition) is 5. The molecule has 0 unspecified atom stereocenters. The summed E-state index contributed by atoms with van der Waals surface area (Å²) >= 11 is 1.83. The number of nitrogens with zero attached hydrogens (tertiary/aromatic N) is 3. The molecule has 1 N–H and O–H groups in total. The first-order valence-corrected chi connectivity index (χ1v) is 8.31. The molecule has 1 aromatic carbocycles. The van der Waals surface area contributed by atoms with E-state index in [1.54, 1.807) is 12.1 Å². The lowest BCUT2D eigenvalue weighted by molar-refractivity contribution is 0.321. The summed E-state index contributed by atoms with van der Waals surface area (Å²) in [5.41, 5.74) is 2.16. The quantitative estimate of drug-likeness (QED) is 0.924. The van der Waals surface area contributed by atoms with E-state index >= 15 is 0 Å². The average molecular weight is 311 g/mol. The van der Waals surface area contributed by atoms with Crippen LogP contribution in [-0.4, -0.2) is 32.0 Å². The second-order valence-electron chi connectivity index (χ2n) is 5.73. The van der Waals surface area contributed by atoms with E-state index < -0.39 is 0 Å². The van der Waals surface area contributed by atoms with E-state index in [2.05, 4.69) is 16.8 Å². The van der Waals surface area contributed by atoms with Gasteiger partial charge in [-0.25, -0.2) is 0 Å². The minimum atomic E-state index is 0.0146. The molecule has 3 atom stereocenters. The number of aromatic nitrogens is 1. The van der Waals surface area contributed by atoms with Crippen molar-refractivity contribution in [2.45, 2.75) is 24.3 Å². The second-order valence-corrected chi connectivity index (χ2v) is 7.13. The molecule has 2 aliphatic rings. The van der Waals surface area contributed by atoms with Gasteiger partial charge in [-0.1, -0.05) is 36.9 Å². The van der Waals surface area contributed by atoms with Gasteiger partial charge in [0.25, 0.3) is 0 Å². The lowest BCUT2D eigenvalue weighted by atomic mass is 9.96. The van der Waals surface area contributed by atoms with E-state index in [4.69, 9.17) is 4.99 Å². The lowest BCUT2D eigenvalue weighted by Crippen LogP contribution is -2.28. The largest absolute Gasteiger partial charge is 0.508 e. The predicted octanol–water partition coefficient (Wildman–Crippen LogP) is 3.38. The first kappa shape index (κ1) is 13.6. The normalized spacial score (nSPS) is 26.9. The highest BCUT2D eigenvalue weighted by Crippen LogP contribution is 2.47. The van der Waals surface area contributed by atoms with Crippen molar-refractivity contribution in [2.75, 3.05) is 6.54 Å². The van der Waals surface area contributed by atoms with E-state index in [-0.39, 0.29) is 12.1 Å². The van der Waals surface area contributed by atoms with Crippen molar-refractivity contribution in [2.24, 2.45) is 4.99 Å². The molecule has 0 radical (unpaired) electrons. The molecule has 2 aliphatic heterocycles. The van der Waals surface area contributed by atoms with Crippen molar-refractivity contribution >= 4 is 16.9 Å². The Balaban J connectivity index is 1.76. The summed E-state index contributed by atoms with van der Waals surface area (Å²) in [7, 11) is 0. The summed E-state index contributed by atoms with van der Waals surface area (Å²) in [6.07, 6.45) is 1.82.